The Morgan fingerprint density at radius 2 is 2.38 bits per heavy atom. The van der Waals surface area contributed by atoms with Gasteiger partial charge in [0.25, 0.3) is 5.91 Å². The first-order chi connectivity index (χ1) is 10.0. The van der Waals surface area contributed by atoms with E-state index in [1.54, 1.807) is 6.07 Å². The number of hydrogen-bond acceptors (Lipinski definition) is 4. The first-order valence-corrected chi connectivity index (χ1v) is 7.97. The zero-order valence-electron chi connectivity index (χ0n) is 13.4. The molecule has 1 aromatic rings. The molecule has 0 saturated carbocycles. The second-order valence-corrected chi connectivity index (χ2v) is 6.60. The minimum Gasteiger partial charge on any atom is -0.351 e. The second-order valence-electron chi connectivity index (χ2n) is 6.60. The van der Waals surface area contributed by atoms with Gasteiger partial charge in [-0.15, -0.1) is 0 Å². The summed E-state index contributed by atoms with van der Waals surface area (Å²) in [6.07, 6.45) is 4.39. The monoisotopic (exact) mass is 293 g/mol. The Hall–Kier alpha value is -1.36. The fourth-order valence-electron chi connectivity index (χ4n) is 2.92. The third-order valence-corrected chi connectivity index (χ3v) is 3.96. The summed E-state index contributed by atoms with van der Waals surface area (Å²) < 4.78 is 5.12. The Balaban J connectivity index is 1.72. The summed E-state index contributed by atoms with van der Waals surface area (Å²) in [7, 11) is 2.16. The number of carbonyl (C=O) groups excluding carboxylic acids is 1. The Bertz CT molecular complexity index is 456. The Kier molecular flexibility index (Phi) is 5.79. The van der Waals surface area contributed by atoms with Gasteiger partial charge in [-0.05, 0) is 51.1 Å². The van der Waals surface area contributed by atoms with E-state index in [-0.39, 0.29) is 5.91 Å². The van der Waals surface area contributed by atoms with Crippen molar-refractivity contribution in [2.75, 3.05) is 26.7 Å². The number of carbonyl (C=O) groups is 1. The molecule has 2 heterocycles. The maximum Gasteiger partial charge on any atom is 0.289 e. The van der Waals surface area contributed by atoms with Gasteiger partial charge in [0.15, 0.2) is 0 Å². The van der Waals surface area contributed by atoms with Gasteiger partial charge < -0.3 is 14.7 Å². The average Bonchev–Trinajstić information content (AvgIpc) is 2.86. The van der Waals surface area contributed by atoms with Gasteiger partial charge in [-0.25, -0.2) is 0 Å². The first-order valence-electron chi connectivity index (χ1n) is 7.97. The molecule has 1 atom stereocenters. The molecule has 0 aliphatic carbocycles. The van der Waals surface area contributed by atoms with Crippen molar-refractivity contribution in [2.24, 2.45) is 11.8 Å². The fourth-order valence-corrected chi connectivity index (χ4v) is 2.92. The molecule has 1 unspecified atom stereocenters. The van der Waals surface area contributed by atoms with Crippen LogP contribution in [0.25, 0.3) is 0 Å². The quantitative estimate of drug-likeness (QED) is 0.874. The Morgan fingerprint density at radius 3 is 3.10 bits per heavy atom. The molecule has 5 nitrogen and oxygen atoms in total. The topological polar surface area (TPSA) is 58.4 Å². The van der Waals surface area contributed by atoms with Crippen LogP contribution in [0.4, 0.5) is 0 Å². The Labute approximate surface area is 127 Å². The minimum atomic E-state index is -0.151. The van der Waals surface area contributed by atoms with Crippen molar-refractivity contribution in [3.05, 3.63) is 17.5 Å². The number of hydrogen-bond donors (Lipinski definition) is 1. The summed E-state index contributed by atoms with van der Waals surface area (Å²) in [5.74, 6) is 1.37. The van der Waals surface area contributed by atoms with Crippen molar-refractivity contribution in [3.8, 4) is 0 Å². The van der Waals surface area contributed by atoms with E-state index in [2.05, 4.69) is 36.3 Å². The summed E-state index contributed by atoms with van der Waals surface area (Å²) in [6.45, 7) is 7.28. The fraction of sp³-hybridized carbons (Fsp3) is 0.750. The highest BCUT2D eigenvalue weighted by atomic mass is 16.5. The number of rotatable bonds is 6. The van der Waals surface area contributed by atoms with Gasteiger partial charge >= 0.3 is 0 Å². The average molecular weight is 293 g/mol. The number of nitrogens with one attached hydrogen (secondary N) is 1. The SMILES string of the molecule is CC(C)Cc1cc(C(=O)NCCC2CCCN(C)C2)on1. The molecule has 1 aromatic heterocycles. The number of likely N-dealkylation sites (tertiary alicyclic amines) is 1. The zero-order chi connectivity index (χ0) is 15.2. The van der Waals surface area contributed by atoms with Crippen LogP contribution >= 0.6 is 0 Å². The maximum absolute atomic E-state index is 12.0. The Morgan fingerprint density at radius 1 is 1.57 bits per heavy atom. The van der Waals surface area contributed by atoms with Crippen LogP contribution in [0.3, 0.4) is 0 Å². The lowest BCUT2D eigenvalue weighted by Gasteiger charge is -2.29. The second kappa shape index (κ2) is 7.59. The van der Waals surface area contributed by atoms with E-state index in [9.17, 15) is 4.79 Å². The van der Waals surface area contributed by atoms with Crippen molar-refractivity contribution in [1.82, 2.24) is 15.4 Å². The lowest BCUT2D eigenvalue weighted by atomic mass is 9.95. The molecule has 5 heteroatoms. The lowest BCUT2D eigenvalue weighted by molar-refractivity contribution is 0.0911. The summed E-state index contributed by atoms with van der Waals surface area (Å²) in [6, 6.07) is 1.75. The van der Waals surface area contributed by atoms with E-state index in [4.69, 9.17) is 4.52 Å². The van der Waals surface area contributed by atoms with Crippen molar-refractivity contribution in [3.63, 3.8) is 0 Å². The van der Waals surface area contributed by atoms with Gasteiger partial charge in [-0.2, -0.15) is 0 Å². The third kappa shape index (κ3) is 5.16. The van der Waals surface area contributed by atoms with E-state index in [0.717, 1.165) is 25.1 Å². The highest BCUT2D eigenvalue weighted by Gasteiger charge is 2.18. The molecular formula is C16H27N3O2. The molecule has 1 aliphatic heterocycles. The van der Waals surface area contributed by atoms with Gasteiger partial charge in [0.2, 0.25) is 5.76 Å². The molecule has 1 aliphatic rings. The van der Waals surface area contributed by atoms with Crippen LogP contribution in [0.15, 0.2) is 10.6 Å². The third-order valence-electron chi connectivity index (χ3n) is 3.96. The van der Waals surface area contributed by atoms with Crippen molar-refractivity contribution < 1.29 is 9.32 Å². The maximum atomic E-state index is 12.0. The van der Waals surface area contributed by atoms with E-state index >= 15 is 0 Å². The van der Waals surface area contributed by atoms with E-state index < -0.39 is 0 Å². The standard InChI is InChI=1S/C16H27N3O2/c1-12(2)9-14-10-15(21-18-14)16(20)17-7-6-13-5-4-8-19(3)11-13/h10,12-13H,4-9,11H2,1-3H3,(H,17,20). The van der Waals surface area contributed by atoms with E-state index in [0.29, 0.717) is 24.1 Å². The lowest BCUT2D eigenvalue weighted by Crippen LogP contribution is -2.34. The number of nitrogens with zero attached hydrogens (tertiary/aromatic N) is 2. The summed E-state index contributed by atoms with van der Waals surface area (Å²) in [4.78, 5) is 14.4. The van der Waals surface area contributed by atoms with Crippen molar-refractivity contribution in [1.29, 1.82) is 0 Å². The molecule has 0 spiro atoms. The highest BCUT2D eigenvalue weighted by Crippen LogP contribution is 2.17. The summed E-state index contributed by atoms with van der Waals surface area (Å²) in [5.41, 5.74) is 0.851. The van der Waals surface area contributed by atoms with Crippen LogP contribution in [0.5, 0.6) is 0 Å². The summed E-state index contributed by atoms with van der Waals surface area (Å²) in [5, 5.41) is 6.88. The van der Waals surface area contributed by atoms with Gasteiger partial charge in [0.05, 0.1) is 5.69 Å². The first kappa shape index (κ1) is 16.0. The number of amides is 1. The molecule has 1 saturated heterocycles. The highest BCUT2D eigenvalue weighted by molar-refractivity contribution is 5.91. The van der Waals surface area contributed by atoms with E-state index in [1.165, 1.54) is 19.4 Å². The smallest absolute Gasteiger partial charge is 0.289 e. The van der Waals surface area contributed by atoms with Crippen molar-refractivity contribution in [2.45, 2.75) is 39.5 Å². The summed E-state index contributed by atoms with van der Waals surface area (Å²) >= 11 is 0. The normalized spacial score (nSPS) is 19.9. The van der Waals surface area contributed by atoms with Gasteiger partial charge in [0.1, 0.15) is 0 Å². The predicted octanol–water partition coefficient (Wildman–Crippen LogP) is 2.33. The predicted molar refractivity (Wildman–Crippen MR) is 82.2 cm³/mol. The minimum absolute atomic E-state index is 0.151. The molecular weight excluding hydrogens is 266 g/mol. The van der Waals surface area contributed by atoms with Crippen LogP contribution in [0, 0.1) is 11.8 Å². The van der Waals surface area contributed by atoms with Gasteiger partial charge in [0, 0.05) is 19.2 Å². The van der Waals surface area contributed by atoms with Crippen LogP contribution in [-0.4, -0.2) is 42.6 Å². The molecule has 1 amide bonds. The van der Waals surface area contributed by atoms with Crippen LogP contribution in [0.2, 0.25) is 0 Å². The largest absolute Gasteiger partial charge is 0.351 e. The zero-order valence-corrected chi connectivity index (χ0v) is 13.4. The molecule has 1 N–H and O–H groups in total. The van der Waals surface area contributed by atoms with Crippen LogP contribution in [0.1, 0.15) is 49.4 Å². The molecule has 1 fully saturated rings. The molecule has 0 bridgehead atoms. The molecule has 118 valence electrons. The molecule has 21 heavy (non-hydrogen) atoms. The van der Waals surface area contributed by atoms with E-state index in [1.807, 2.05) is 0 Å². The van der Waals surface area contributed by atoms with Crippen LogP contribution < -0.4 is 5.32 Å². The molecule has 0 aromatic carbocycles. The number of aromatic nitrogens is 1. The molecule has 2 rings (SSSR count). The van der Waals surface area contributed by atoms with Gasteiger partial charge in [-0.1, -0.05) is 19.0 Å². The van der Waals surface area contributed by atoms with Gasteiger partial charge in [-0.3, -0.25) is 4.79 Å². The number of piperidine rings is 1. The van der Waals surface area contributed by atoms with Crippen molar-refractivity contribution >= 4 is 5.91 Å². The molecule has 0 radical (unpaired) electrons. The van der Waals surface area contributed by atoms with Crippen LogP contribution in [-0.2, 0) is 6.42 Å².